The van der Waals surface area contributed by atoms with Crippen LogP contribution in [0.2, 0.25) is 0 Å². The maximum absolute atomic E-state index is 13.6. The summed E-state index contributed by atoms with van der Waals surface area (Å²) in [6.07, 6.45) is 3.67. The van der Waals surface area contributed by atoms with Gasteiger partial charge in [0.1, 0.15) is 0 Å². The van der Waals surface area contributed by atoms with Gasteiger partial charge in [0.05, 0.1) is 15.5 Å². The van der Waals surface area contributed by atoms with Crippen LogP contribution >= 0.6 is 15.9 Å². The van der Waals surface area contributed by atoms with E-state index >= 15 is 0 Å². The molecule has 0 aliphatic heterocycles. The van der Waals surface area contributed by atoms with Crippen molar-refractivity contribution in [3.63, 3.8) is 0 Å². The summed E-state index contributed by atoms with van der Waals surface area (Å²) >= 11 is 3.60. The Morgan fingerprint density at radius 1 is 0.793 bits per heavy atom. The minimum atomic E-state index is -4.03. The standard InChI is InChI=1S/C22H20BrNO3S2/c23-21-15-16-22(20-14-8-7-13-19(20)21)24(28(25)17-9-3-1-4-10-17)29(26,27)18-11-5-2-6-12-18/h1-6,9-12,15-16H,7-8,13-14H2. The van der Waals surface area contributed by atoms with Crippen molar-refractivity contribution in [3.8, 4) is 0 Å². The third-order valence-electron chi connectivity index (χ3n) is 5.00. The number of hydrogen-bond acceptors (Lipinski definition) is 3. The second-order valence-corrected chi connectivity index (χ2v) is 11.0. The molecular weight excluding hydrogens is 470 g/mol. The highest BCUT2D eigenvalue weighted by atomic mass is 79.9. The van der Waals surface area contributed by atoms with Crippen LogP contribution < -0.4 is 3.71 Å². The van der Waals surface area contributed by atoms with Gasteiger partial charge < -0.3 is 0 Å². The van der Waals surface area contributed by atoms with Gasteiger partial charge in [-0.05, 0) is 73.2 Å². The molecule has 1 aliphatic carbocycles. The summed E-state index contributed by atoms with van der Waals surface area (Å²) in [5.74, 6) is 0. The fourth-order valence-corrected chi connectivity index (χ4v) is 7.46. The lowest BCUT2D eigenvalue weighted by atomic mass is 9.91. The van der Waals surface area contributed by atoms with Crippen LogP contribution in [0.3, 0.4) is 0 Å². The SMILES string of the molecule is O=S(c1ccccc1)N(c1ccc(Br)c2c1CCCC2)S(=O)(=O)c1ccccc1. The topological polar surface area (TPSA) is 54.5 Å². The first-order chi connectivity index (χ1) is 14.0. The second kappa shape index (κ2) is 8.42. The van der Waals surface area contributed by atoms with Crippen LogP contribution in [-0.4, -0.2) is 12.6 Å². The van der Waals surface area contributed by atoms with Crippen LogP contribution in [0.1, 0.15) is 24.0 Å². The minimum absolute atomic E-state index is 0.122. The van der Waals surface area contributed by atoms with E-state index in [1.165, 1.54) is 12.1 Å². The second-order valence-electron chi connectivity index (χ2n) is 6.84. The molecule has 0 saturated carbocycles. The molecule has 1 aliphatic rings. The molecule has 29 heavy (non-hydrogen) atoms. The lowest BCUT2D eigenvalue weighted by Crippen LogP contribution is -2.34. The van der Waals surface area contributed by atoms with Crippen molar-refractivity contribution in [1.82, 2.24) is 0 Å². The Kier molecular flexibility index (Phi) is 5.90. The Morgan fingerprint density at radius 3 is 2.03 bits per heavy atom. The Morgan fingerprint density at radius 2 is 1.38 bits per heavy atom. The van der Waals surface area contributed by atoms with Gasteiger partial charge in [0.25, 0.3) is 10.0 Å². The zero-order valence-corrected chi connectivity index (χ0v) is 18.8. The van der Waals surface area contributed by atoms with E-state index in [2.05, 4.69) is 15.9 Å². The quantitative estimate of drug-likeness (QED) is 0.491. The van der Waals surface area contributed by atoms with Crippen molar-refractivity contribution >= 4 is 42.6 Å². The predicted octanol–water partition coefficient (Wildman–Crippen LogP) is 5.25. The number of rotatable bonds is 5. The highest BCUT2D eigenvalue weighted by molar-refractivity contribution is 9.10. The van der Waals surface area contributed by atoms with Crippen molar-refractivity contribution < 1.29 is 12.6 Å². The van der Waals surface area contributed by atoms with Gasteiger partial charge in [-0.25, -0.2) is 12.6 Å². The highest BCUT2D eigenvalue weighted by Crippen LogP contribution is 2.39. The maximum Gasteiger partial charge on any atom is 0.275 e. The molecule has 0 N–H and O–H groups in total. The number of nitrogens with zero attached hydrogens (tertiary/aromatic N) is 1. The largest absolute Gasteiger partial charge is 0.275 e. The molecule has 0 heterocycles. The lowest BCUT2D eigenvalue weighted by molar-refractivity contribution is 0.596. The monoisotopic (exact) mass is 489 g/mol. The molecule has 0 saturated heterocycles. The zero-order valence-electron chi connectivity index (χ0n) is 15.6. The van der Waals surface area contributed by atoms with Crippen LogP contribution in [0, 0.1) is 0 Å². The highest BCUT2D eigenvalue weighted by Gasteiger charge is 2.34. The normalized spacial score (nSPS) is 14.8. The van der Waals surface area contributed by atoms with E-state index in [9.17, 15) is 12.6 Å². The van der Waals surface area contributed by atoms with Crippen LogP contribution in [0.4, 0.5) is 5.69 Å². The van der Waals surface area contributed by atoms with Crippen LogP contribution in [-0.2, 0) is 33.9 Å². The zero-order chi connectivity index (χ0) is 20.4. The van der Waals surface area contributed by atoms with E-state index in [1.807, 2.05) is 12.1 Å². The Hall–Kier alpha value is -1.96. The van der Waals surface area contributed by atoms with Gasteiger partial charge >= 0.3 is 0 Å². The maximum atomic E-state index is 13.6. The Labute approximate surface area is 182 Å². The van der Waals surface area contributed by atoms with E-state index in [0.29, 0.717) is 10.6 Å². The van der Waals surface area contributed by atoms with Crippen molar-refractivity contribution in [2.75, 3.05) is 3.71 Å². The minimum Gasteiger partial charge on any atom is -0.230 e. The number of sulfonamides is 1. The predicted molar refractivity (Wildman–Crippen MR) is 120 cm³/mol. The van der Waals surface area contributed by atoms with Crippen molar-refractivity contribution in [1.29, 1.82) is 0 Å². The first-order valence-corrected chi connectivity index (χ1v) is 12.7. The Bertz CT molecular complexity index is 1150. The fraction of sp³-hybridized carbons (Fsp3) is 0.182. The van der Waals surface area contributed by atoms with Gasteiger partial charge in [0.15, 0.2) is 11.0 Å². The van der Waals surface area contributed by atoms with Crippen LogP contribution in [0.25, 0.3) is 0 Å². The molecular formula is C22H20BrNO3S2. The summed E-state index contributed by atoms with van der Waals surface area (Å²) in [6.45, 7) is 0. The van der Waals surface area contributed by atoms with E-state index < -0.39 is 21.0 Å². The van der Waals surface area contributed by atoms with Crippen molar-refractivity contribution in [2.24, 2.45) is 0 Å². The molecule has 0 spiro atoms. The smallest absolute Gasteiger partial charge is 0.230 e. The molecule has 4 nitrogen and oxygen atoms in total. The lowest BCUT2D eigenvalue weighted by Gasteiger charge is -2.28. The number of anilines is 1. The summed E-state index contributed by atoms with van der Waals surface area (Å²) < 4.78 is 42.9. The number of hydrogen-bond donors (Lipinski definition) is 0. The molecule has 1 atom stereocenters. The number of halogens is 1. The van der Waals surface area contributed by atoms with Gasteiger partial charge in [0.2, 0.25) is 0 Å². The summed E-state index contributed by atoms with van der Waals surface area (Å²) in [5.41, 5.74) is 2.55. The van der Waals surface area contributed by atoms with Crippen molar-refractivity contribution in [3.05, 3.63) is 88.4 Å². The first-order valence-electron chi connectivity index (χ1n) is 9.38. The molecule has 150 valence electrons. The van der Waals surface area contributed by atoms with Crippen molar-refractivity contribution in [2.45, 2.75) is 35.5 Å². The molecule has 0 aromatic heterocycles. The summed E-state index contributed by atoms with van der Waals surface area (Å²) in [6, 6.07) is 20.5. The average Bonchev–Trinajstić information content (AvgIpc) is 2.77. The van der Waals surface area contributed by atoms with Gasteiger partial charge in [-0.3, -0.25) is 0 Å². The molecule has 0 bridgehead atoms. The van der Waals surface area contributed by atoms with Gasteiger partial charge in [-0.15, -0.1) is 0 Å². The van der Waals surface area contributed by atoms with E-state index in [4.69, 9.17) is 0 Å². The van der Waals surface area contributed by atoms with Gasteiger partial charge in [-0.1, -0.05) is 52.3 Å². The molecule has 3 aromatic rings. The summed E-state index contributed by atoms with van der Waals surface area (Å²) in [7, 11) is -5.95. The molecule has 4 rings (SSSR count). The van der Waals surface area contributed by atoms with E-state index in [1.54, 1.807) is 48.5 Å². The first kappa shape index (κ1) is 20.3. The third-order valence-corrected chi connectivity index (χ3v) is 9.42. The third kappa shape index (κ3) is 3.91. The summed E-state index contributed by atoms with van der Waals surface area (Å²) in [5, 5.41) is 0. The number of benzene rings is 3. The van der Waals surface area contributed by atoms with Gasteiger partial charge in [0, 0.05) is 4.47 Å². The average molecular weight is 490 g/mol. The fourth-order valence-electron chi connectivity index (χ4n) is 3.60. The molecule has 7 heteroatoms. The van der Waals surface area contributed by atoms with E-state index in [-0.39, 0.29) is 4.90 Å². The molecule has 0 radical (unpaired) electrons. The molecule has 0 fully saturated rings. The summed E-state index contributed by atoms with van der Waals surface area (Å²) in [4.78, 5) is 0.566. The van der Waals surface area contributed by atoms with E-state index in [0.717, 1.165) is 45.0 Å². The molecule has 0 amide bonds. The molecule has 3 aromatic carbocycles. The Balaban J connectivity index is 1.94. The van der Waals surface area contributed by atoms with Crippen LogP contribution in [0.15, 0.2) is 87.1 Å². The van der Waals surface area contributed by atoms with Gasteiger partial charge in [-0.2, -0.15) is 3.71 Å². The number of fused-ring (bicyclic) bond motifs is 1. The van der Waals surface area contributed by atoms with Crippen LogP contribution in [0.5, 0.6) is 0 Å². The molecule has 1 unspecified atom stereocenters.